The van der Waals surface area contributed by atoms with Gasteiger partial charge >= 0.3 is 0 Å². The largest absolute Gasteiger partial charge is 0.710 e. The molecule has 6 nitrogen and oxygen atoms in total. The van der Waals surface area contributed by atoms with Crippen LogP contribution in [0.4, 0.5) is 5.69 Å². The van der Waals surface area contributed by atoms with Crippen LogP contribution in [0.2, 0.25) is 0 Å². The number of hydrogen-bond acceptors (Lipinski definition) is 3. The molecule has 0 bridgehead atoms. The van der Waals surface area contributed by atoms with Crippen LogP contribution in [0.15, 0.2) is 61.2 Å². The van der Waals surface area contributed by atoms with Crippen LogP contribution < -0.4 is 10.0 Å². The van der Waals surface area contributed by atoms with Crippen molar-refractivity contribution >= 4 is 11.6 Å². The fourth-order valence-corrected chi connectivity index (χ4v) is 2.26. The molecular formula is C16H14N4O2. The number of amides is 1. The Kier molecular flexibility index (Phi) is 3.57. The summed E-state index contributed by atoms with van der Waals surface area (Å²) in [7, 11) is 0. The van der Waals surface area contributed by atoms with Gasteiger partial charge in [-0.1, -0.05) is 18.2 Å². The second-order valence-corrected chi connectivity index (χ2v) is 4.78. The Morgan fingerprint density at radius 3 is 2.68 bits per heavy atom. The predicted molar refractivity (Wildman–Crippen MR) is 81.7 cm³/mol. The van der Waals surface area contributed by atoms with E-state index in [-0.39, 0.29) is 5.69 Å². The number of anilines is 1. The molecule has 0 aliphatic rings. The fourth-order valence-electron chi connectivity index (χ4n) is 2.26. The monoisotopic (exact) mass is 294 g/mol. The molecule has 0 radical (unpaired) electrons. The van der Waals surface area contributed by atoms with E-state index in [1.165, 1.54) is 6.33 Å². The predicted octanol–water partition coefficient (Wildman–Crippen LogP) is 2.07. The van der Waals surface area contributed by atoms with Crippen molar-refractivity contribution < 1.29 is 9.52 Å². The van der Waals surface area contributed by atoms with Gasteiger partial charge in [0.15, 0.2) is 11.4 Å². The SMILES string of the molecule is Cc1c(C(=O)Nc2ccccc2)[n+]([O-])cn1-c1cccnc1. The van der Waals surface area contributed by atoms with Crippen molar-refractivity contribution in [3.05, 3.63) is 77.8 Å². The van der Waals surface area contributed by atoms with Crippen LogP contribution in [0.5, 0.6) is 0 Å². The summed E-state index contributed by atoms with van der Waals surface area (Å²) in [6, 6.07) is 12.6. The number of para-hydroxylation sites is 1. The molecule has 6 heteroatoms. The van der Waals surface area contributed by atoms with E-state index in [0.717, 1.165) is 5.69 Å². The number of carbonyl (C=O) groups is 1. The fraction of sp³-hybridized carbons (Fsp3) is 0.0625. The summed E-state index contributed by atoms with van der Waals surface area (Å²) in [4.78, 5) is 16.4. The Hall–Kier alpha value is -3.15. The second-order valence-electron chi connectivity index (χ2n) is 4.78. The molecule has 2 aromatic heterocycles. The Balaban J connectivity index is 1.95. The molecule has 2 heterocycles. The first kappa shape index (κ1) is 13.8. The van der Waals surface area contributed by atoms with Crippen molar-refractivity contribution in [1.82, 2.24) is 9.55 Å². The quantitative estimate of drug-likeness (QED) is 0.593. The highest BCUT2D eigenvalue weighted by atomic mass is 16.5. The summed E-state index contributed by atoms with van der Waals surface area (Å²) in [5.74, 6) is -0.443. The molecule has 1 aromatic carbocycles. The summed E-state index contributed by atoms with van der Waals surface area (Å²) in [5.41, 5.74) is 1.98. The maximum absolute atomic E-state index is 12.3. The van der Waals surface area contributed by atoms with Crippen molar-refractivity contribution in [2.24, 2.45) is 0 Å². The van der Waals surface area contributed by atoms with Gasteiger partial charge in [-0.05, 0) is 24.3 Å². The lowest BCUT2D eigenvalue weighted by Gasteiger charge is -2.05. The van der Waals surface area contributed by atoms with Gasteiger partial charge in [-0.2, -0.15) is 4.57 Å². The zero-order chi connectivity index (χ0) is 15.5. The van der Waals surface area contributed by atoms with Crippen molar-refractivity contribution in [2.75, 3.05) is 5.32 Å². The zero-order valence-electron chi connectivity index (χ0n) is 11.9. The van der Waals surface area contributed by atoms with E-state index in [1.807, 2.05) is 24.3 Å². The highest BCUT2D eigenvalue weighted by Gasteiger charge is 2.24. The minimum absolute atomic E-state index is 0.0627. The highest BCUT2D eigenvalue weighted by molar-refractivity contribution is 6.02. The van der Waals surface area contributed by atoms with Crippen LogP contribution in [0.1, 0.15) is 16.2 Å². The van der Waals surface area contributed by atoms with Crippen molar-refractivity contribution in [3.8, 4) is 5.69 Å². The standard InChI is InChI=1S/C16H14N4O2/c1-12-15(16(21)18-13-6-3-2-4-7-13)20(22)11-19(12)14-8-5-9-17-10-14/h2-11H,1H3,(H,18,21). The van der Waals surface area contributed by atoms with Gasteiger partial charge in [-0.25, -0.2) is 4.73 Å². The molecule has 1 amide bonds. The Morgan fingerprint density at radius 1 is 1.23 bits per heavy atom. The second kappa shape index (κ2) is 5.69. The van der Waals surface area contributed by atoms with Crippen LogP contribution in [0, 0.1) is 12.1 Å². The number of rotatable bonds is 3. The minimum atomic E-state index is -0.443. The number of imidazole rings is 1. The average Bonchev–Trinajstić information content (AvgIpc) is 2.84. The van der Waals surface area contributed by atoms with E-state index in [9.17, 15) is 10.0 Å². The van der Waals surface area contributed by atoms with Crippen molar-refractivity contribution in [2.45, 2.75) is 6.92 Å². The average molecular weight is 294 g/mol. The van der Waals surface area contributed by atoms with Gasteiger partial charge in [0.25, 0.3) is 12.2 Å². The molecule has 3 rings (SSSR count). The number of benzene rings is 1. The van der Waals surface area contributed by atoms with Gasteiger partial charge in [0.2, 0.25) is 5.69 Å². The summed E-state index contributed by atoms with van der Waals surface area (Å²) in [5, 5.41) is 14.8. The number of nitrogens with zero attached hydrogens (tertiary/aromatic N) is 3. The molecule has 110 valence electrons. The van der Waals surface area contributed by atoms with E-state index in [1.54, 1.807) is 42.1 Å². The molecule has 0 aliphatic carbocycles. The summed E-state index contributed by atoms with van der Waals surface area (Å²) in [6.07, 6.45) is 4.61. The maximum atomic E-state index is 12.3. The molecule has 0 fully saturated rings. The number of aromatic nitrogens is 3. The first-order valence-electron chi connectivity index (χ1n) is 6.75. The number of carbonyl (C=O) groups excluding carboxylic acids is 1. The molecule has 0 saturated heterocycles. The molecular weight excluding hydrogens is 280 g/mol. The molecule has 0 unspecified atom stereocenters. The van der Waals surface area contributed by atoms with E-state index in [2.05, 4.69) is 10.3 Å². The minimum Gasteiger partial charge on any atom is -0.710 e. The van der Waals surface area contributed by atoms with Gasteiger partial charge in [0, 0.05) is 18.8 Å². The van der Waals surface area contributed by atoms with Crippen molar-refractivity contribution in [3.63, 3.8) is 0 Å². The molecule has 1 N–H and O–H groups in total. The van der Waals surface area contributed by atoms with Crippen LogP contribution in [0.3, 0.4) is 0 Å². The molecule has 0 spiro atoms. The Labute approximate surface area is 127 Å². The maximum Gasteiger partial charge on any atom is 0.300 e. The van der Waals surface area contributed by atoms with Crippen LogP contribution >= 0.6 is 0 Å². The van der Waals surface area contributed by atoms with Gasteiger partial charge in [-0.15, -0.1) is 0 Å². The first-order chi connectivity index (χ1) is 10.7. The number of nitrogens with one attached hydrogen (secondary N) is 1. The normalized spacial score (nSPS) is 10.4. The topological polar surface area (TPSA) is 73.9 Å². The summed E-state index contributed by atoms with van der Waals surface area (Å²) < 4.78 is 2.21. The lowest BCUT2D eigenvalue weighted by Crippen LogP contribution is -2.34. The third-order valence-corrected chi connectivity index (χ3v) is 3.32. The van der Waals surface area contributed by atoms with Gasteiger partial charge < -0.3 is 10.5 Å². The van der Waals surface area contributed by atoms with E-state index in [4.69, 9.17) is 0 Å². The Bertz CT molecular complexity index is 798. The molecule has 3 aromatic rings. The number of hydrogen-bond donors (Lipinski definition) is 1. The summed E-state index contributed by atoms with van der Waals surface area (Å²) >= 11 is 0. The first-order valence-corrected chi connectivity index (χ1v) is 6.75. The lowest BCUT2D eigenvalue weighted by atomic mass is 10.2. The van der Waals surface area contributed by atoms with E-state index in [0.29, 0.717) is 16.1 Å². The lowest BCUT2D eigenvalue weighted by molar-refractivity contribution is -0.606. The van der Waals surface area contributed by atoms with Gasteiger partial charge in [0.05, 0.1) is 6.20 Å². The molecule has 0 saturated carbocycles. The number of pyridine rings is 1. The van der Waals surface area contributed by atoms with Gasteiger partial charge in [-0.3, -0.25) is 9.78 Å². The van der Waals surface area contributed by atoms with Crippen molar-refractivity contribution in [1.29, 1.82) is 0 Å². The third kappa shape index (κ3) is 2.54. The smallest absolute Gasteiger partial charge is 0.300 e. The zero-order valence-corrected chi connectivity index (χ0v) is 11.9. The third-order valence-electron chi connectivity index (χ3n) is 3.32. The molecule has 22 heavy (non-hydrogen) atoms. The summed E-state index contributed by atoms with van der Waals surface area (Å²) in [6.45, 7) is 1.72. The van der Waals surface area contributed by atoms with Crippen LogP contribution in [0.25, 0.3) is 5.69 Å². The molecule has 0 atom stereocenters. The highest BCUT2D eigenvalue weighted by Crippen LogP contribution is 2.14. The Morgan fingerprint density at radius 2 is 2.00 bits per heavy atom. The van der Waals surface area contributed by atoms with Crippen LogP contribution in [-0.2, 0) is 0 Å². The van der Waals surface area contributed by atoms with E-state index < -0.39 is 5.91 Å². The molecule has 0 aliphatic heterocycles. The van der Waals surface area contributed by atoms with Crippen LogP contribution in [-0.4, -0.2) is 15.5 Å². The van der Waals surface area contributed by atoms with E-state index >= 15 is 0 Å². The van der Waals surface area contributed by atoms with Gasteiger partial charge in [0.1, 0.15) is 0 Å².